The van der Waals surface area contributed by atoms with E-state index in [0.29, 0.717) is 26.7 Å². The molecular formula is C23H20ClN3O3S. The fraction of sp³-hybridized carbons (Fsp3) is 0.174. The summed E-state index contributed by atoms with van der Waals surface area (Å²) in [6, 6.07) is 11.0. The van der Waals surface area contributed by atoms with E-state index in [9.17, 15) is 9.59 Å². The number of rotatable bonds is 5. The first kappa shape index (κ1) is 21.1. The highest BCUT2D eigenvalue weighted by Gasteiger charge is 2.16. The SMILES string of the molecule is COc1ccc(Cl)cc1NC(=O)Cn1cnc2scc(-c3ccc(C)c(C)c3)c2c1=O. The Kier molecular flexibility index (Phi) is 5.80. The molecule has 0 bridgehead atoms. The molecule has 0 aliphatic rings. The summed E-state index contributed by atoms with van der Waals surface area (Å²) in [5, 5.41) is 5.66. The predicted molar refractivity (Wildman–Crippen MR) is 125 cm³/mol. The second-order valence-electron chi connectivity index (χ2n) is 7.20. The first-order chi connectivity index (χ1) is 14.9. The van der Waals surface area contributed by atoms with Crippen molar-refractivity contribution in [3.05, 3.63) is 74.6 Å². The summed E-state index contributed by atoms with van der Waals surface area (Å²) in [5.41, 5.74) is 4.30. The molecule has 0 radical (unpaired) electrons. The zero-order valence-corrected chi connectivity index (χ0v) is 18.8. The van der Waals surface area contributed by atoms with Gasteiger partial charge in [0.25, 0.3) is 5.56 Å². The summed E-state index contributed by atoms with van der Waals surface area (Å²) in [6.45, 7) is 3.91. The molecule has 0 aliphatic heterocycles. The fourth-order valence-corrected chi connectivity index (χ4v) is 4.40. The number of carbonyl (C=O) groups excluding carboxylic acids is 1. The Morgan fingerprint density at radius 2 is 2.00 bits per heavy atom. The highest BCUT2D eigenvalue weighted by atomic mass is 35.5. The normalized spacial score (nSPS) is 11.0. The Hall–Kier alpha value is -3.16. The summed E-state index contributed by atoms with van der Waals surface area (Å²) in [7, 11) is 1.51. The number of hydrogen-bond donors (Lipinski definition) is 1. The molecule has 6 nitrogen and oxygen atoms in total. The first-order valence-electron chi connectivity index (χ1n) is 9.55. The van der Waals surface area contributed by atoms with Gasteiger partial charge in [0.15, 0.2) is 0 Å². The Balaban J connectivity index is 1.67. The van der Waals surface area contributed by atoms with Gasteiger partial charge in [-0.25, -0.2) is 4.98 Å². The van der Waals surface area contributed by atoms with Gasteiger partial charge in [-0.1, -0.05) is 29.8 Å². The number of thiophene rings is 1. The summed E-state index contributed by atoms with van der Waals surface area (Å²) in [6.07, 6.45) is 1.40. The van der Waals surface area contributed by atoms with Gasteiger partial charge in [-0.2, -0.15) is 0 Å². The molecule has 2 aromatic heterocycles. The molecule has 4 aromatic rings. The van der Waals surface area contributed by atoms with Crippen LogP contribution in [0, 0.1) is 13.8 Å². The number of amides is 1. The molecule has 0 unspecified atom stereocenters. The average molecular weight is 454 g/mol. The number of anilines is 1. The molecule has 0 atom stereocenters. The standard InChI is InChI=1S/C23H20ClN3O3S/c1-13-4-5-15(8-14(13)2)17-11-31-22-21(17)23(29)27(12-25-22)10-20(28)26-18-9-16(24)6-7-19(18)30-3/h4-9,11-12H,10H2,1-3H3,(H,26,28). The van der Waals surface area contributed by atoms with Gasteiger partial charge in [0.1, 0.15) is 17.1 Å². The van der Waals surface area contributed by atoms with Crippen LogP contribution in [0.1, 0.15) is 11.1 Å². The lowest BCUT2D eigenvalue weighted by Crippen LogP contribution is -2.28. The summed E-state index contributed by atoms with van der Waals surface area (Å²) >= 11 is 7.43. The molecule has 1 N–H and O–H groups in total. The van der Waals surface area contributed by atoms with Gasteiger partial charge in [-0.05, 0) is 48.7 Å². The van der Waals surface area contributed by atoms with Gasteiger partial charge in [-0.3, -0.25) is 14.2 Å². The molecule has 0 saturated carbocycles. The van der Waals surface area contributed by atoms with Crippen molar-refractivity contribution >= 4 is 44.7 Å². The third-order valence-electron chi connectivity index (χ3n) is 5.13. The van der Waals surface area contributed by atoms with Crippen LogP contribution >= 0.6 is 22.9 Å². The topological polar surface area (TPSA) is 73.2 Å². The molecule has 4 rings (SSSR count). The molecule has 8 heteroatoms. The van der Waals surface area contributed by atoms with Crippen LogP contribution in [-0.2, 0) is 11.3 Å². The zero-order valence-electron chi connectivity index (χ0n) is 17.2. The van der Waals surface area contributed by atoms with Gasteiger partial charge in [0.2, 0.25) is 5.91 Å². The molecule has 158 valence electrons. The van der Waals surface area contributed by atoms with Crippen LogP contribution in [0.2, 0.25) is 5.02 Å². The van der Waals surface area contributed by atoms with E-state index < -0.39 is 0 Å². The number of halogens is 1. The van der Waals surface area contributed by atoms with Gasteiger partial charge in [0, 0.05) is 16.0 Å². The van der Waals surface area contributed by atoms with Crippen molar-refractivity contribution in [1.82, 2.24) is 9.55 Å². The van der Waals surface area contributed by atoms with Crippen molar-refractivity contribution in [3.8, 4) is 16.9 Å². The fourth-order valence-electron chi connectivity index (χ4n) is 3.32. The quantitative estimate of drug-likeness (QED) is 0.459. The molecule has 0 fully saturated rings. The lowest BCUT2D eigenvalue weighted by atomic mass is 10.0. The van der Waals surface area contributed by atoms with E-state index in [1.165, 1.54) is 34.9 Å². The third kappa shape index (κ3) is 4.19. The predicted octanol–water partition coefficient (Wildman–Crippen LogP) is 5.04. The van der Waals surface area contributed by atoms with E-state index in [-0.39, 0.29) is 18.0 Å². The highest BCUT2D eigenvalue weighted by Crippen LogP contribution is 2.32. The number of nitrogens with one attached hydrogen (secondary N) is 1. The number of methoxy groups -OCH3 is 1. The molecule has 2 aromatic carbocycles. The Morgan fingerprint density at radius 3 is 2.74 bits per heavy atom. The van der Waals surface area contributed by atoms with Gasteiger partial charge in [-0.15, -0.1) is 11.3 Å². The number of nitrogens with zero attached hydrogens (tertiary/aromatic N) is 2. The van der Waals surface area contributed by atoms with Crippen LogP contribution in [-0.4, -0.2) is 22.6 Å². The lowest BCUT2D eigenvalue weighted by Gasteiger charge is -2.11. The minimum Gasteiger partial charge on any atom is -0.495 e. The minimum atomic E-state index is -0.383. The molecule has 0 spiro atoms. The smallest absolute Gasteiger partial charge is 0.263 e. The first-order valence-corrected chi connectivity index (χ1v) is 10.8. The van der Waals surface area contributed by atoms with Crippen molar-refractivity contribution < 1.29 is 9.53 Å². The number of aryl methyl sites for hydroxylation is 2. The number of carbonyl (C=O) groups is 1. The van der Waals surface area contributed by atoms with Crippen molar-refractivity contribution in [2.24, 2.45) is 0 Å². The molecule has 1 amide bonds. The molecule has 0 saturated heterocycles. The van der Waals surface area contributed by atoms with Crippen LogP contribution in [0.25, 0.3) is 21.3 Å². The maximum Gasteiger partial charge on any atom is 0.263 e. The van der Waals surface area contributed by atoms with E-state index in [1.54, 1.807) is 18.2 Å². The zero-order chi connectivity index (χ0) is 22.1. The van der Waals surface area contributed by atoms with Crippen LogP contribution in [0.4, 0.5) is 5.69 Å². The monoisotopic (exact) mass is 453 g/mol. The van der Waals surface area contributed by atoms with Crippen LogP contribution in [0.5, 0.6) is 5.75 Å². The van der Waals surface area contributed by atoms with E-state index in [2.05, 4.69) is 16.4 Å². The number of benzene rings is 2. The summed E-state index contributed by atoms with van der Waals surface area (Å²) < 4.78 is 6.56. The molecular weight excluding hydrogens is 434 g/mol. The molecule has 2 heterocycles. The van der Waals surface area contributed by atoms with Crippen molar-refractivity contribution in [3.63, 3.8) is 0 Å². The van der Waals surface area contributed by atoms with Crippen molar-refractivity contribution in [2.45, 2.75) is 20.4 Å². The van der Waals surface area contributed by atoms with E-state index in [1.807, 2.05) is 31.4 Å². The van der Waals surface area contributed by atoms with Crippen molar-refractivity contribution in [1.29, 1.82) is 0 Å². The number of ether oxygens (including phenoxy) is 1. The summed E-state index contributed by atoms with van der Waals surface area (Å²) in [4.78, 5) is 30.9. The van der Waals surface area contributed by atoms with Crippen LogP contribution < -0.4 is 15.6 Å². The number of hydrogen-bond acceptors (Lipinski definition) is 5. The van der Waals surface area contributed by atoms with Gasteiger partial charge < -0.3 is 10.1 Å². The number of fused-ring (bicyclic) bond motifs is 1. The van der Waals surface area contributed by atoms with Crippen molar-refractivity contribution in [2.75, 3.05) is 12.4 Å². The summed E-state index contributed by atoms with van der Waals surface area (Å²) in [5.74, 6) is 0.0975. The third-order valence-corrected chi connectivity index (χ3v) is 6.25. The van der Waals surface area contributed by atoms with Gasteiger partial charge in [0.05, 0.1) is 24.5 Å². The Bertz CT molecular complexity index is 1360. The lowest BCUT2D eigenvalue weighted by molar-refractivity contribution is -0.116. The second-order valence-corrected chi connectivity index (χ2v) is 8.49. The molecule has 31 heavy (non-hydrogen) atoms. The van der Waals surface area contributed by atoms with Gasteiger partial charge >= 0.3 is 0 Å². The van der Waals surface area contributed by atoms with E-state index >= 15 is 0 Å². The van der Waals surface area contributed by atoms with Crippen LogP contribution in [0.3, 0.4) is 0 Å². The average Bonchev–Trinajstić information content (AvgIpc) is 3.17. The van der Waals surface area contributed by atoms with E-state index in [0.717, 1.165) is 16.7 Å². The van der Waals surface area contributed by atoms with Crippen LogP contribution in [0.15, 0.2) is 52.9 Å². The minimum absolute atomic E-state index is 0.181. The molecule has 0 aliphatic carbocycles. The maximum atomic E-state index is 13.2. The largest absolute Gasteiger partial charge is 0.495 e. The highest BCUT2D eigenvalue weighted by molar-refractivity contribution is 7.17. The Labute approximate surface area is 188 Å². The van der Waals surface area contributed by atoms with E-state index in [4.69, 9.17) is 16.3 Å². The second kappa shape index (κ2) is 8.53. The Morgan fingerprint density at radius 1 is 1.19 bits per heavy atom. The number of aromatic nitrogens is 2. The maximum absolute atomic E-state index is 13.2.